The molecule has 1 heterocycles. The Morgan fingerprint density at radius 1 is 1.67 bits per heavy atom. The van der Waals surface area contributed by atoms with Crippen LogP contribution in [-0.2, 0) is 5.88 Å². The maximum Gasteiger partial charge on any atom is 0.336 e. The van der Waals surface area contributed by atoms with Gasteiger partial charge >= 0.3 is 5.97 Å². The normalized spacial score (nSPS) is 10.7. The average Bonchev–Trinajstić information content (AvgIpc) is 2.17. The van der Waals surface area contributed by atoms with Gasteiger partial charge in [-0.25, -0.2) is 18.6 Å². The Kier molecular flexibility index (Phi) is 4.21. The van der Waals surface area contributed by atoms with Crippen LogP contribution in [-0.4, -0.2) is 16.1 Å². The number of carboxylic acids is 1. The second kappa shape index (κ2) is 5.02. The summed E-state index contributed by atoms with van der Waals surface area (Å²) in [5.74, 6) is -1.37. The van der Waals surface area contributed by atoms with Crippen molar-refractivity contribution in [3.8, 4) is 0 Å². The van der Waals surface area contributed by atoms with E-state index in [1.54, 1.807) is 22.6 Å². The predicted octanol–water partition coefficient (Wildman–Crippen LogP) is 3.06. The largest absolute Gasteiger partial charge is 0.478 e. The third kappa shape index (κ3) is 2.75. The Balaban J connectivity index is 3.38. The molecule has 3 nitrogen and oxygen atoms in total. The zero-order chi connectivity index (χ0) is 11.6. The molecule has 0 atom stereocenters. The quantitative estimate of drug-likeness (QED) is 0.675. The monoisotopic (exact) mass is 347 g/mol. The van der Waals surface area contributed by atoms with Gasteiger partial charge in [-0.2, -0.15) is 0 Å². The number of aromatic nitrogens is 1. The van der Waals surface area contributed by atoms with Gasteiger partial charge < -0.3 is 5.11 Å². The van der Waals surface area contributed by atoms with Crippen molar-refractivity contribution < 1.29 is 18.7 Å². The van der Waals surface area contributed by atoms with Gasteiger partial charge in [0.25, 0.3) is 6.43 Å². The van der Waals surface area contributed by atoms with E-state index in [1.807, 2.05) is 0 Å². The Bertz CT molecular complexity index is 400. The van der Waals surface area contributed by atoms with Crippen molar-refractivity contribution >= 4 is 40.2 Å². The fraction of sp³-hybridized carbons (Fsp3) is 0.250. The molecule has 1 N–H and O–H groups in total. The maximum absolute atomic E-state index is 12.4. The molecule has 0 aliphatic heterocycles. The Labute approximate surface area is 103 Å². The number of hydrogen-bond donors (Lipinski definition) is 1. The summed E-state index contributed by atoms with van der Waals surface area (Å²) in [6.07, 6.45) is -2.80. The lowest BCUT2D eigenvalue weighted by Crippen LogP contribution is -2.07. The molecule has 1 rings (SSSR count). The second-order valence-electron chi connectivity index (χ2n) is 2.59. The van der Waals surface area contributed by atoms with Crippen molar-refractivity contribution in [2.75, 3.05) is 0 Å². The molecule has 1 aromatic rings. The van der Waals surface area contributed by atoms with Gasteiger partial charge in [-0.15, -0.1) is 11.6 Å². The van der Waals surface area contributed by atoms with Crippen molar-refractivity contribution in [3.05, 3.63) is 26.6 Å². The van der Waals surface area contributed by atoms with Crippen LogP contribution < -0.4 is 0 Å². The first-order chi connectivity index (χ1) is 6.97. The minimum atomic E-state index is -2.80. The van der Waals surface area contributed by atoms with E-state index < -0.39 is 18.1 Å². The van der Waals surface area contributed by atoms with E-state index in [1.165, 1.54) is 0 Å². The van der Waals surface area contributed by atoms with Crippen molar-refractivity contribution in [1.82, 2.24) is 4.98 Å². The van der Waals surface area contributed by atoms with Crippen LogP contribution in [0.2, 0.25) is 0 Å². The molecule has 0 amide bonds. The number of carbonyl (C=O) groups is 1. The lowest BCUT2D eigenvalue weighted by molar-refractivity contribution is 0.0694. The summed E-state index contributed by atoms with van der Waals surface area (Å²) in [6, 6.07) is 0.866. The smallest absolute Gasteiger partial charge is 0.336 e. The molecule has 0 spiro atoms. The molecule has 0 aliphatic carbocycles. The fourth-order valence-corrected chi connectivity index (χ4v) is 2.08. The lowest BCUT2D eigenvalue weighted by Gasteiger charge is -2.07. The number of carboxylic acid groups (broad SMARTS) is 1. The van der Waals surface area contributed by atoms with E-state index in [0.29, 0.717) is 3.57 Å². The molecule has 0 saturated carbocycles. The lowest BCUT2D eigenvalue weighted by atomic mass is 10.2. The van der Waals surface area contributed by atoms with Gasteiger partial charge in [0, 0.05) is 0 Å². The number of pyridine rings is 1. The third-order valence-corrected chi connectivity index (χ3v) is 3.08. The second-order valence-corrected chi connectivity index (χ2v) is 3.94. The van der Waals surface area contributed by atoms with Gasteiger partial charge in [0.2, 0.25) is 0 Å². The van der Waals surface area contributed by atoms with Crippen molar-refractivity contribution in [1.29, 1.82) is 0 Å². The van der Waals surface area contributed by atoms with Crippen molar-refractivity contribution in [3.63, 3.8) is 0 Å². The molecule has 1 aromatic heterocycles. The highest BCUT2D eigenvalue weighted by atomic mass is 127. The zero-order valence-corrected chi connectivity index (χ0v) is 10.1. The predicted molar refractivity (Wildman–Crippen MR) is 58.4 cm³/mol. The number of rotatable bonds is 3. The number of nitrogens with zero attached hydrogens (tertiary/aromatic N) is 1. The highest BCUT2D eigenvalue weighted by molar-refractivity contribution is 14.1. The molecule has 7 heteroatoms. The van der Waals surface area contributed by atoms with Crippen LogP contribution in [0.1, 0.15) is 28.2 Å². The van der Waals surface area contributed by atoms with Gasteiger partial charge in [0.05, 0.1) is 20.7 Å². The summed E-state index contributed by atoms with van der Waals surface area (Å²) in [5.41, 5.74) is -0.604. The first kappa shape index (κ1) is 12.6. The van der Waals surface area contributed by atoms with E-state index in [2.05, 4.69) is 4.98 Å². The van der Waals surface area contributed by atoms with E-state index in [0.717, 1.165) is 6.07 Å². The van der Waals surface area contributed by atoms with E-state index in [4.69, 9.17) is 16.7 Å². The van der Waals surface area contributed by atoms with E-state index in [9.17, 15) is 13.6 Å². The molecule has 0 radical (unpaired) electrons. The number of hydrogen-bond acceptors (Lipinski definition) is 2. The highest BCUT2D eigenvalue weighted by Gasteiger charge is 2.19. The Hall–Kier alpha value is -0.500. The van der Waals surface area contributed by atoms with Crippen LogP contribution in [0, 0.1) is 3.57 Å². The molecule has 0 unspecified atom stereocenters. The minimum Gasteiger partial charge on any atom is -0.478 e. The molecular formula is C8H5ClF2INO2. The van der Waals surface area contributed by atoms with E-state index in [-0.39, 0.29) is 17.1 Å². The summed E-state index contributed by atoms with van der Waals surface area (Å²) in [4.78, 5) is 14.3. The zero-order valence-electron chi connectivity index (χ0n) is 7.18. The summed E-state index contributed by atoms with van der Waals surface area (Å²) in [5, 5.41) is 8.77. The molecule has 0 aromatic carbocycles. The highest BCUT2D eigenvalue weighted by Crippen LogP contribution is 2.24. The standard InChI is InChI=1S/C8H5ClF2INO2/c9-2-5-6(12)3(8(14)15)1-4(13-5)7(10)11/h1,7H,2H2,(H,14,15). The Morgan fingerprint density at radius 2 is 2.27 bits per heavy atom. The number of halogens is 4. The summed E-state index contributed by atoms with van der Waals surface area (Å²) < 4.78 is 25.0. The van der Waals surface area contributed by atoms with Crippen LogP contribution >= 0.6 is 34.2 Å². The van der Waals surface area contributed by atoms with Crippen LogP contribution in [0.4, 0.5) is 8.78 Å². The Morgan fingerprint density at radius 3 is 2.67 bits per heavy atom. The van der Waals surface area contributed by atoms with Gasteiger partial charge in [-0.3, -0.25) is 0 Å². The SMILES string of the molecule is O=C(O)c1cc(C(F)F)nc(CCl)c1I. The molecule has 0 saturated heterocycles. The molecule has 15 heavy (non-hydrogen) atoms. The van der Waals surface area contributed by atoms with Gasteiger partial charge in [0.15, 0.2) is 0 Å². The number of aromatic carboxylic acids is 1. The first-order valence-electron chi connectivity index (χ1n) is 3.74. The summed E-state index contributed by atoms with van der Waals surface area (Å²) in [6.45, 7) is 0. The number of alkyl halides is 3. The van der Waals surface area contributed by atoms with Gasteiger partial charge in [-0.1, -0.05) is 0 Å². The van der Waals surface area contributed by atoms with Crippen LogP contribution in [0.5, 0.6) is 0 Å². The van der Waals surface area contributed by atoms with Crippen molar-refractivity contribution in [2.24, 2.45) is 0 Å². The van der Waals surface area contributed by atoms with Crippen LogP contribution in [0.3, 0.4) is 0 Å². The van der Waals surface area contributed by atoms with Crippen LogP contribution in [0.25, 0.3) is 0 Å². The van der Waals surface area contributed by atoms with Gasteiger partial charge in [-0.05, 0) is 28.7 Å². The molecule has 0 bridgehead atoms. The molecule has 0 aliphatic rings. The summed E-state index contributed by atoms with van der Waals surface area (Å²) >= 11 is 7.20. The first-order valence-corrected chi connectivity index (χ1v) is 5.35. The average molecular weight is 347 g/mol. The third-order valence-electron chi connectivity index (χ3n) is 1.63. The van der Waals surface area contributed by atoms with Crippen LogP contribution in [0.15, 0.2) is 6.07 Å². The molecular weight excluding hydrogens is 342 g/mol. The molecule has 82 valence electrons. The van der Waals surface area contributed by atoms with Crippen molar-refractivity contribution in [2.45, 2.75) is 12.3 Å². The molecule has 0 fully saturated rings. The minimum absolute atomic E-state index is 0.0981. The van der Waals surface area contributed by atoms with Gasteiger partial charge in [0.1, 0.15) is 5.69 Å². The maximum atomic E-state index is 12.4. The summed E-state index contributed by atoms with van der Waals surface area (Å²) in [7, 11) is 0. The topological polar surface area (TPSA) is 50.2 Å². The van der Waals surface area contributed by atoms with E-state index >= 15 is 0 Å². The fourth-order valence-electron chi connectivity index (χ4n) is 0.960.